The van der Waals surface area contributed by atoms with Crippen LogP contribution in [-0.4, -0.2) is 29.7 Å². The fourth-order valence-corrected chi connectivity index (χ4v) is 3.26. The highest BCUT2D eigenvalue weighted by atomic mass is 32.2. The first kappa shape index (κ1) is 9.21. The quantitative estimate of drug-likeness (QED) is 0.724. The monoisotopic (exact) mass is 222 g/mol. The molecular formula is C11H11FN2S. The third kappa shape index (κ3) is 1.63. The highest BCUT2D eigenvalue weighted by Gasteiger charge is 2.32. The third-order valence-corrected chi connectivity index (χ3v) is 4.05. The lowest BCUT2D eigenvalue weighted by molar-refractivity contribution is 0.476. The van der Waals surface area contributed by atoms with E-state index in [0.29, 0.717) is 5.25 Å². The summed E-state index contributed by atoms with van der Waals surface area (Å²) >= 11 is 1.75. The topological polar surface area (TPSA) is 15.6 Å². The predicted molar refractivity (Wildman–Crippen MR) is 60.6 cm³/mol. The molecule has 1 aromatic rings. The van der Waals surface area contributed by atoms with E-state index in [0.717, 1.165) is 30.4 Å². The largest absolute Gasteiger partial charge is 0.348 e. The lowest BCUT2D eigenvalue weighted by Gasteiger charge is -2.11. The standard InChI is InChI=1S/C11H11FN2S/c12-9-3-1-2-8(6-9)10-7-14-5-4-13-11(14)15-10/h1-3,6,10H,4-5,7H2. The molecule has 4 heteroatoms. The first-order chi connectivity index (χ1) is 7.33. The molecule has 1 atom stereocenters. The van der Waals surface area contributed by atoms with Crippen molar-refractivity contribution in [2.75, 3.05) is 19.6 Å². The smallest absolute Gasteiger partial charge is 0.160 e. The van der Waals surface area contributed by atoms with Crippen LogP contribution in [0, 0.1) is 5.82 Å². The molecule has 0 aromatic heterocycles. The molecule has 1 aromatic carbocycles. The van der Waals surface area contributed by atoms with Gasteiger partial charge in [0.2, 0.25) is 0 Å². The average molecular weight is 222 g/mol. The van der Waals surface area contributed by atoms with Crippen LogP contribution in [0.3, 0.4) is 0 Å². The van der Waals surface area contributed by atoms with Crippen molar-refractivity contribution >= 4 is 16.9 Å². The minimum atomic E-state index is -0.151. The molecule has 0 radical (unpaired) electrons. The fraction of sp³-hybridized carbons (Fsp3) is 0.364. The zero-order valence-electron chi connectivity index (χ0n) is 8.19. The van der Waals surface area contributed by atoms with Gasteiger partial charge >= 0.3 is 0 Å². The van der Waals surface area contributed by atoms with E-state index in [9.17, 15) is 4.39 Å². The summed E-state index contributed by atoms with van der Waals surface area (Å²) in [6, 6.07) is 6.88. The normalized spacial score (nSPS) is 24.2. The van der Waals surface area contributed by atoms with E-state index in [1.165, 1.54) is 6.07 Å². The summed E-state index contributed by atoms with van der Waals surface area (Å²) in [5.41, 5.74) is 1.07. The van der Waals surface area contributed by atoms with Gasteiger partial charge in [-0.3, -0.25) is 4.99 Å². The number of thioether (sulfide) groups is 1. The Kier molecular flexibility index (Phi) is 2.16. The fourth-order valence-electron chi connectivity index (χ4n) is 1.99. The van der Waals surface area contributed by atoms with Crippen molar-refractivity contribution in [1.82, 2.24) is 4.90 Å². The van der Waals surface area contributed by atoms with Gasteiger partial charge < -0.3 is 4.90 Å². The maximum atomic E-state index is 13.1. The minimum absolute atomic E-state index is 0.151. The second kappa shape index (κ2) is 3.52. The summed E-state index contributed by atoms with van der Waals surface area (Å²) in [6.45, 7) is 2.90. The first-order valence-electron chi connectivity index (χ1n) is 5.04. The molecule has 2 heterocycles. The van der Waals surface area contributed by atoms with Gasteiger partial charge in [-0.05, 0) is 17.7 Å². The molecule has 1 fully saturated rings. The maximum Gasteiger partial charge on any atom is 0.160 e. The molecule has 0 bridgehead atoms. The van der Waals surface area contributed by atoms with Crippen molar-refractivity contribution < 1.29 is 4.39 Å². The number of halogens is 1. The second-order valence-corrected chi connectivity index (χ2v) is 4.94. The highest BCUT2D eigenvalue weighted by Crippen LogP contribution is 2.39. The number of hydrogen-bond acceptors (Lipinski definition) is 3. The zero-order chi connectivity index (χ0) is 10.3. The van der Waals surface area contributed by atoms with Crippen LogP contribution in [0.5, 0.6) is 0 Å². The molecule has 0 amide bonds. The van der Waals surface area contributed by atoms with Crippen molar-refractivity contribution in [3.05, 3.63) is 35.6 Å². The molecule has 78 valence electrons. The Morgan fingerprint density at radius 2 is 2.40 bits per heavy atom. The Labute approximate surface area is 92.2 Å². The van der Waals surface area contributed by atoms with Crippen molar-refractivity contribution in [1.29, 1.82) is 0 Å². The molecule has 0 saturated carbocycles. The van der Waals surface area contributed by atoms with Gasteiger partial charge in [-0.1, -0.05) is 23.9 Å². The van der Waals surface area contributed by atoms with Gasteiger partial charge in [0.15, 0.2) is 5.17 Å². The van der Waals surface area contributed by atoms with Gasteiger partial charge in [-0.15, -0.1) is 0 Å². The van der Waals surface area contributed by atoms with Gasteiger partial charge in [-0.25, -0.2) is 4.39 Å². The number of nitrogens with zero attached hydrogens (tertiary/aromatic N) is 2. The van der Waals surface area contributed by atoms with E-state index in [2.05, 4.69) is 9.89 Å². The van der Waals surface area contributed by atoms with Crippen LogP contribution >= 0.6 is 11.8 Å². The molecule has 1 saturated heterocycles. The van der Waals surface area contributed by atoms with Crippen LogP contribution in [0.4, 0.5) is 4.39 Å². The van der Waals surface area contributed by atoms with Gasteiger partial charge in [0.05, 0.1) is 11.8 Å². The van der Waals surface area contributed by atoms with E-state index in [1.54, 1.807) is 23.9 Å². The van der Waals surface area contributed by atoms with Crippen LogP contribution in [0.25, 0.3) is 0 Å². The number of benzene rings is 1. The Balaban J connectivity index is 1.85. The summed E-state index contributed by atoms with van der Waals surface area (Å²) in [5.74, 6) is -0.151. The molecule has 0 N–H and O–H groups in total. The van der Waals surface area contributed by atoms with Gasteiger partial charge in [0, 0.05) is 13.1 Å². The molecule has 3 rings (SSSR count). The van der Waals surface area contributed by atoms with E-state index in [1.807, 2.05) is 6.07 Å². The van der Waals surface area contributed by atoms with Crippen molar-refractivity contribution in [3.63, 3.8) is 0 Å². The summed E-state index contributed by atoms with van der Waals surface area (Å²) < 4.78 is 13.1. The number of hydrogen-bond donors (Lipinski definition) is 0. The summed E-state index contributed by atoms with van der Waals surface area (Å²) in [7, 11) is 0. The molecule has 2 aliphatic heterocycles. The van der Waals surface area contributed by atoms with E-state index in [4.69, 9.17) is 0 Å². The lowest BCUT2D eigenvalue weighted by atomic mass is 10.1. The predicted octanol–water partition coefficient (Wildman–Crippen LogP) is 2.29. The van der Waals surface area contributed by atoms with Crippen LogP contribution < -0.4 is 0 Å². The average Bonchev–Trinajstić information content (AvgIpc) is 2.76. The van der Waals surface area contributed by atoms with Crippen molar-refractivity contribution in [2.45, 2.75) is 5.25 Å². The molecular weight excluding hydrogens is 211 g/mol. The van der Waals surface area contributed by atoms with Crippen LogP contribution in [0.15, 0.2) is 29.3 Å². The number of fused-ring (bicyclic) bond motifs is 1. The Morgan fingerprint density at radius 3 is 3.20 bits per heavy atom. The SMILES string of the molecule is Fc1cccc(C2CN3CCN=C3S2)c1. The van der Waals surface area contributed by atoms with Gasteiger partial charge in [0.1, 0.15) is 5.82 Å². The van der Waals surface area contributed by atoms with Gasteiger partial charge in [-0.2, -0.15) is 0 Å². The Hall–Kier alpha value is -1.03. The first-order valence-corrected chi connectivity index (χ1v) is 5.92. The zero-order valence-corrected chi connectivity index (χ0v) is 9.01. The van der Waals surface area contributed by atoms with Gasteiger partial charge in [0.25, 0.3) is 0 Å². The molecule has 0 spiro atoms. The lowest BCUT2D eigenvalue weighted by Crippen LogP contribution is -2.21. The summed E-state index contributed by atoms with van der Waals surface area (Å²) in [4.78, 5) is 6.69. The summed E-state index contributed by atoms with van der Waals surface area (Å²) in [6.07, 6.45) is 0. The molecule has 2 nitrogen and oxygen atoms in total. The number of amidine groups is 1. The minimum Gasteiger partial charge on any atom is -0.348 e. The highest BCUT2D eigenvalue weighted by molar-refractivity contribution is 8.14. The van der Waals surface area contributed by atoms with E-state index >= 15 is 0 Å². The van der Waals surface area contributed by atoms with Crippen molar-refractivity contribution in [3.8, 4) is 0 Å². The molecule has 2 aliphatic rings. The number of aliphatic imine (C=N–C) groups is 1. The van der Waals surface area contributed by atoms with E-state index < -0.39 is 0 Å². The number of rotatable bonds is 1. The second-order valence-electron chi connectivity index (χ2n) is 3.77. The molecule has 15 heavy (non-hydrogen) atoms. The molecule has 1 unspecified atom stereocenters. The molecule has 0 aliphatic carbocycles. The van der Waals surface area contributed by atoms with Crippen LogP contribution in [-0.2, 0) is 0 Å². The van der Waals surface area contributed by atoms with Crippen LogP contribution in [0.2, 0.25) is 0 Å². The third-order valence-electron chi connectivity index (χ3n) is 2.74. The summed E-state index contributed by atoms with van der Waals surface area (Å²) in [5, 5.41) is 1.48. The van der Waals surface area contributed by atoms with Crippen molar-refractivity contribution in [2.24, 2.45) is 4.99 Å². The van der Waals surface area contributed by atoms with Crippen LogP contribution in [0.1, 0.15) is 10.8 Å². The Bertz CT molecular complexity index is 419. The van der Waals surface area contributed by atoms with E-state index in [-0.39, 0.29) is 5.82 Å². The maximum absolute atomic E-state index is 13.1. The Morgan fingerprint density at radius 1 is 1.47 bits per heavy atom.